The van der Waals surface area contributed by atoms with Crippen molar-refractivity contribution < 1.29 is 14.3 Å². The summed E-state index contributed by atoms with van der Waals surface area (Å²) in [6, 6.07) is 15.1. The molecule has 1 atom stereocenters. The zero-order valence-electron chi connectivity index (χ0n) is 21.5. The van der Waals surface area contributed by atoms with Crippen LogP contribution in [0.25, 0.3) is 0 Å². The van der Waals surface area contributed by atoms with E-state index in [2.05, 4.69) is 19.2 Å². The van der Waals surface area contributed by atoms with Gasteiger partial charge in [-0.1, -0.05) is 80.4 Å². The van der Waals surface area contributed by atoms with E-state index in [4.69, 9.17) is 31.2 Å². The highest BCUT2D eigenvalue weighted by molar-refractivity contribution is 7.98. The lowest BCUT2D eigenvalue weighted by atomic mass is 9.95. The second-order valence-electron chi connectivity index (χ2n) is 8.87. The first-order chi connectivity index (χ1) is 18.0. The fraction of sp³-hybridized carbons (Fsp3) is 0.393. The Labute approximate surface area is 227 Å². The molecule has 0 radical (unpaired) electrons. The van der Waals surface area contributed by atoms with Crippen molar-refractivity contribution in [3.8, 4) is 5.75 Å². The molecular weight excluding hydrogens is 508 g/mol. The largest absolute Gasteiger partial charge is 0.494 e. The molecule has 2 aromatic carbocycles. The number of hydrogen-bond acceptors (Lipinski definition) is 7. The molecule has 1 aromatic heterocycles. The van der Waals surface area contributed by atoms with Gasteiger partial charge in [-0.2, -0.15) is 4.98 Å². The third-order valence-electron chi connectivity index (χ3n) is 6.04. The number of esters is 1. The molecule has 1 aliphatic heterocycles. The van der Waals surface area contributed by atoms with Gasteiger partial charge in [-0.15, -0.1) is 5.10 Å². The number of hydrogen-bond donors (Lipinski definition) is 1. The Morgan fingerprint density at radius 1 is 1.11 bits per heavy atom. The first kappa shape index (κ1) is 27.1. The van der Waals surface area contributed by atoms with E-state index in [-0.39, 0.29) is 5.97 Å². The molecule has 0 aliphatic carbocycles. The van der Waals surface area contributed by atoms with E-state index in [1.807, 2.05) is 55.5 Å². The molecule has 0 amide bonds. The number of nitrogens with one attached hydrogen (secondary N) is 1. The minimum atomic E-state index is -0.498. The molecule has 0 saturated carbocycles. The average Bonchev–Trinajstić information content (AvgIpc) is 3.30. The molecule has 0 bridgehead atoms. The number of ether oxygens (including phenoxy) is 2. The van der Waals surface area contributed by atoms with Gasteiger partial charge in [-0.3, -0.25) is 0 Å². The topological polar surface area (TPSA) is 78.3 Å². The molecule has 4 rings (SSSR count). The van der Waals surface area contributed by atoms with Gasteiger partial charge in [0, 0.05) is 16.5 Å². The van der Waals surface area contributed by atoms with Crippen LogP contribution in [-0.2, 0) is 15.3 Å². The maximum Gasteiger partial charge on any atom is 0.338 e. The van der Waals surface area contributed by atoms with Crippen LogP contribution >= 0.6 is 23.4 Å². The number of allylic oxidation sites excluding steroid dienone is 1. The maximum absolute atomic E-state index is 13.3. The molecule has 9 heteroatoms. The minimum absolute atomic E-state index is 0.354. The summed E-state index contributed by atoms with van der Waals surface area (Å²) in [6.45, 7) is 7.09. The standard InChI is InChI=1S/C28H33ClN4O3S/c1-4-6-15-35-22-13-10-12-20(17-22)25-24(26(34)36-16-7-5-2)19(3)30-27-31-28(32-33(25)27)37-18-21-11-8-9-14-23(21)29/h8-14,17,25H,4-7,15-16,18H2,1-3H3,(H,30,31,32). The lowest BCUT2D eigenvalue weighted by Gasteiger charge is -2.28. The quantitative estimate of drug-likeness (QED) is 0.150. The van der Waals surface area contributed by atoms with Crippen LogP contribution in [0.5, 0.6) is 5.75 Å². The second-order valence-corrected chi connectivity index (χ2v) is 10.2. The van der Waals surface area contributed by atoms with Gasteiger partial charge in [0.1, 0.15) is 11.8 Å². The SMILES string of the molecule is CCCCOC(=O)C1=C(C)Nc2nc(SCc3ccccc3Cl)nn2C1c1cccc(OCCCC)c1. The van der Waals surface area contributed by atoms with E-state index in [9.17, 15) is 4.79 Å². The number of fused-ring (bicyclic) bond motifs is 1. The molecule has 1 unspecified atom stereocenters. The van der Waals surface area contributed by atoms with E-state index in [1.54, 1.807) is 4.68 Å². The molecule has 0 fully saturated rings. The van der Waals surface area contributed by atoms with Crippen molar-refractivity contribution in [1.29, 1.82) is 0 Å². The fourth-order valence-corrected chi connectivity index (χ4v) is 5.13. The first-order valence-electron chi connectivity index (χ1n) is 12.7. The Bertz CT molecular complexity index is 1260. The normalized spacial score (nSPS) is 14.8. The summed E-state index contributed by atoms with van der Waals surface area (Å²) in [7, 11) is 0. The van der Waals surface area contributed by atoms with Crippen LogP contribution in [0, 0.1) is 0 Å². The number of rotatable bonds is 12. The Kier molecular flexibility index (Phi) is 9.52. The monoisotopic (exact) mass is 540 g/mol. The van der Waals surface area contributed by atoms with E-state index >= 15 is 0 Å². The van der Waals surface area contributed by atoms with Gasteiger partial charge in [0.05, 0.1) is 18.8 Å². The van der Waals surface area contributed by atoms with Gasteiger partial charge in [0.2, 0.25) is 11.1 Å². The highest BCUT2D eigenvalue weighted by Gasteiger charge is 2.35. The molecule has 3 aromatic rings. The Hall–Kier alpha value is -2.97. The van der Waals surface area contributed by atoms with Crippen molar-refractivity contribution in [3.05, 3.63) is 76.0 Å². The Morgan fingerprint density at radius 2 is 1.89 bits per heavy atom. The lowest BCUT2D eigenvalue weighted by molar-refractivity contribution is -0.139. The van der Waals surface area contributed by atoms with Crippen LogP contribution in [0.2, 0.25) is 5.02 Å². The van der Waals surface area contributed by atoms with Gasteiger partial charge in [0.15, 0.2) is 0 Å². The number of benzene rings is 2. The van der Waals surface area contributed by atoms with Gasteiger partial charge < -0.3 is 14.8 Å². The van der Waals surface area contributed by atoms with Crippen molar-refractivity contribution in [2.75, 3.05) is 18.5 Å². The fourth-order valence-electron chi connectivity index (χ4n) is 4.02. The summed E-state index contributed by atoms with van der Waals surface area (Å²) >= 11 is 7.83. The maximum atomic E-state index is 13.3. The average molecular weight is 541 g/mol. The number of nitrogens with zero attached hydrogens (tertiary/aromatic N) is 3. The number of unbranched alkanes of at least 4 members (excludes halogenated alkanes) is 2. The minimum Gasteiger partial charge on any atom is -0.494 e. The molecule has 7 nitrogen and oxygen atoms in total. The Morgan fingerprint density at radius 3 is 2.68 bits per heavy atom. The van der Waals surface area contributed by atoms with Crippen LogP contribution in [0.4, 0.5) is 5.95 Å². The predicted molar refractivity (Wildman–Crippen MR) is 148 cm³/mol. The van der Waals surface area contributed by atoms with Crippen LogP contribution < -0.4 is 10.1 Å². The molecular formula is C28H33ClN4O3S. The van der Waals surface area contributed by atoms with Gasteiger partial charge >= 0.3 is 5.97 Å². The highest BCUT2D eigenvalue weighted by atomic mass is 35.5. The molecule has 1 N–H and O–H groups in total. The Balaban J connectivity index is 1.66. The zero-order valence-corrected chi connectivity index (χ0v) is 23.1. The lowest BCUT2D eigenvalue weighted by Crippen LogP contribution is -2.29. The van der Waals surface area contributed by atoms with Crippen molar-refractivity contribution in [2.24, 2.45) is 0 Å². The zero-order chi connectivity index (χ0) is 26.2. The van der Waals surface area contributed by atoms with E-state index < -0.39 is 6.04 Å². The van der Waals surface area contributed by atoms with Crippen LogP contribution in [0.15, 0.2) is 65.0 Å². The number of aromatic nitrogens is 3. The number of carbonyl (C=O) groups is 1. The molecule has 1 aliphatic rings. The smallest absolute Gasteiger partial charge is 0.338 e. The first-order valence-corrected chi connectivity index (χ1v) is 14.1. The van der Waals surface area contributed by atoms with Gasteiger partial charge in [-0.05, 0) is 49.1 Å². The van der Waals surface area contributed by atoms with E-state index in [0.29, 0.717) is 46.4 Å². The van der Waals surface area contributed by atoms with Crippen molar-refractivity contribution in [3.63, 3.8) is 0 Å². The third kappa shape index (κ3) is 6.67. The molecule has 2 heterocycles. The van der Waals surface area contributed by atoms with E-state index in [0.717, 1.165) is 42.6 Å². The predicted octanol–water partition coefficient (Wildman–Crippen LogP) is 7.03. The molecule has 0 spiro atoms. The summed E-state index contributed by atoms with van der Waals surface area (Å²) in [5.41, 5.74) is 3.11. The summed E-state index contributed by atoms with van der Waals surface area (Å²) in [6.07, 6.45) is 3.79. The van der Waals surface area contributed by atoms with Crippen molar-refractivity contribution in [1.82, 2.24) is 14.8 Å². The number of halogens is 1. The summed E-state index contributed by atoms with van der Waals surface area (Å²) in [5, 5.41) is 9.37. The molecule has 196 valence electrons. The highest BCUT2D eigenvalue weighted by Crippen LogP contribution is 2.38. The van der Waals surface area contributed by atoms with E-state index in [1.165, 1.54) is 11.8 Å². The second kappa shape index (κ2) is 13.0. The number of anilines is 1. The van der Waals surface area contributed by atoms with Crippen LogP contribution in [0.1, 0.15) is 63.6 Å². The van der Waals surface area contributed by atoms with Crippen molar-refractivity contribution in [2.45, 2.75) is 63.4 Å². The summed E-state index contributed by atoms with van der Waals surface area (Å²) in [4.78, 5) is 18.0. The van der Waals surface area contributed by atoms with Crippen LogP contribution in [-0.4, -0.2) is 33.9 Å². The van der Waals surface area contributed by atoms with Gasteiger partial charge in [0.25, 0.3) is 0 Å². The van der Waals surface area contributed by atoms with Gasteiger partial charge in [-0.25, -0.2) is 9.48 Å². The molecule has 37 heavy (non-hydrogen) atoms. The molecule has 0 saturated heterocycles. The van der Waals surface area contributed by atoms with Crippen molar-refractivity contribution >= 4 is 35.3 Å². The van der Waals surface area contributed by atoms with Crippen LogP contribution in [0.3, 0.4) is 0 Å². The number of thioether (sulfide) groups is 1. The summed E-state index contributed by atoms with van der Waals surface area (Å²) < 4.78 is 13.4. The number of carbonyl (C=O) groups excluding carboxylic acids is 1. The summed E-state index contributed by atoms with van der Waals surface area (Å²) in [5.74, 6) is 1.61. The third-order valence-corrected chi connectivity index (χ3v) is 7.29.